The van der Waals surface area contributed by atoms with Crippen LogP contribution in [0, 0.1) is 0 Å². The Labute approximate surface area is 225 Å². The average molecular weight is 539 g/mol. The molecule has 0 radical (unpaired) electrons. The van der Waals surface area contributed by atoms with Crippen LogP contribution in [0.4, 0.5) is 0 Å². The molecule has 12 nitrogen and oxygen atoms in total. The zero-order chi connectivity index (χ0) is 28.4. The highest BCUT2D eigenvalue weighted by Gasteiger charge is 2.28. The zero-order valence-corrected chi connectivity index (χ0v) is 22.0. The highest BCUT2D eigenvalue weighted by Crippen LogP contribution is 2.18. The van der Waals surface area contributed by atoms with Gasteiger partial charge in [0.25, 0.3) is 0 Å². The van der Waals surface area contributed by atoms with Crippen molar-refractivity contribution in [2.75, 3.05) is 0 Å². The molecule has 216 valence electrons. The van der Waals surface area contributed by atoms with Crippen molar-refractivity contribution in [2.24, 2.45) is 17.2 Å². The van der Waals surface area contributed by atoms with Crippen LogP contribution in [0.2, 0.25) is 0 Å². The van der Waals surface area contributed by atoms with Crippen molar-refractivity contribution >= 4 is 35.4 Å². The van der Waals surface area contributed by atoms with Crippen LogP contribution in [-0.2, 0) is 28.8 Å². The Balaban J connectivity index is 0. The van der Waals surface area contributed by atoms with Crippen LogP contribution in [0.15, 0.2) is 23.8 Å². The number of rotatable bonds is 15. The van der Waals surface area contributed by atoms with Gasteiger partial charge in [-0.15, -0.1) is 0 Å². The van der Waals surface area contributed by atoms with Crippen LogP contribution < -0.4 is 33.2 Å². The van der Waals surface area contributed by atoms with E-state index < -0.39 is 35.7 Å². The predicted molar refractivity (Wildman–Crippen MR) is 146 cm³/mol. The van der Waals surface area contributed by atoms with Gasteiger partial charge in [-0.05, 0) is 45.4 Å². The van der Waals surface area contributed by atoms with Crippen LogP contribution in [-0.4, -0.2) is 53.6 Å². The first-order valence-corrected chi connectivity index (χ1v) is 12.4. The SMILES string of the molecule is C.CC(N)=O.CC[C@H](C)NC(=O)C(CC1=CC=CCC1)NC(=O)C(CCC(N)=O)NC(=O)CCCC(N)=O. The Morgan fingerprint density at radius 3 is 1.97 bits per heavy atom. The lowest BCUT2D eigenvalue weighted by molar-refractivity contribution is -0.132. The van der Waals surface area contributed by atoms with Crippen LogP contribution in [0.25, 0.3) is 0 Å². The fourth-order valence-corrected chi connectivity index (χ4v) is 3.26. The molecule has 2 unspecified atom stereocenters. The molecule has 0 spiro atoms. The van der Waals surface area contributed by atoms with Crippen molar-refractivity contribution < 1.29 is 28.8 Å². The summed E-state index contributed by atoms with van der Waals surface area (Å²) in [6.45, 7) is 5.13. The van der Waals surface area contributed by atoms with E-state index in [2.05, 4.69) is 21.7 Å². The van der Waals surface area contributed by atoms with Gasteiger partial charge in [-0.2, -0.15) is 0 Å². The van der Waals surface area contributed by atoms with E-state index in [4.69, 9.17) is 11.5 Å². The van der Waals surface area contributed by atoms with E-state index in [0.717, 1.165) is 24.8 Å². The second kappa shape index (κ2) is 20.4. The zero-order valence-electron chi connectivity index (χ0n) is 22.0. The molecule has 38 heavy (non-hydrogen) atoms. The topological polar surface area (TPSA) is 217 Å². The highest BCUT2D eigenvalue weighted by atomic mass is 16.2. The minimum absolute atomic E-state index is 0. The maximum Gasteiger partial charge on any atom is 0.243 e. The maximum absolute atomic E-state index is 13.0. The van der Waals surface area contributed by atoms with Gasteiger partial charge in [-0.25, -0.2) is 0 Å². The lowest BCUT2D eigenvalue weighted by atomic mass is 9.97. The molecule has 0 saturated heterocycles. The number of nitrogens with one attached hydrogen (secondary N) is 3. The molecule has 6 amide bonds. The van der Waals surface area contributed by atoms with E-state index in [0.29, 0.717) is 6.42 Å². The molecule has 0 aromatic rings. The van der Waals surface area contributed by atoms with Gasteiger partial charge in [-0.1, -0.05) is 38.2 Å². The average Bonchev–Trinajstić information content (AvgIpc) is 2.81. The van der Waals surface area contributed by atoms with Crippen molar-refractivity contribution in [1.82, 2.24) is 16.0 Å². The molecule has 0 fully saturated rings. The number of carbonyl (C=O) groups is 6. The molecular formula is C26H46N6O6. The van der Waals surface area contributed by atoms with E-state index in [1.54, 1.807) is 0 Å². The van der Waals surface area contributed by atoms with E-state index >= 15 is 0 Å². The summed E-state index contributed by atoms with van der Waals surface area (Å²) in [6.07, 6.45) is 8.80. The third kappa shape index (κ3) is 18.6. The fourth-order valence-electron chi connectivity index (χ4n) is 3.26. The normalized spacial score (nSPS) is 14.1. The molecule has 1 rings (SSSR count). The van der Waals surface area contributed by atoms with Crippen molar-refractivity contribution in [3.05, 3.63) is 23.8 Å². The molecular weight excluding hydrogens is 492 g/mol. The summed E-state index contributed by atoms with van der Waals surface area (Å²) >= 11 is 0. The second-order valence-electron chi connectivity index (χ2n) is 8.93. The lowest BCUT2D eigenvalue weighted by Gasteiger charge is -2.25. The number of hydrogen-bond donors (Lipinski definition) is 6. The number of primary amides is 3. The first-order valence-electron chi connectivity index (χ1n) is 12.4. The van der Waals surface area contributed by atoms with Gasteiger partial charge in [0, 0.05) is 32.2 Å². The molecule has 9 N–H and O–H groups in total. The van der Waals surface area contributed by atoms with Gasteiger partial charge in [0.05, 0.1) is 0 Å². The fraction of sp³-hybridized carbons (Fsp3) is 0.615. The van der Waals surface area contributed by atoms with Crippen molar-refractivity contribution in [2.45, 2.75) is 104 Å². The van der Waals surface area contributed by atoms with Crippen molar-refractivity contribution in [1.29, 1.82) is 0 Å². The Morgan fingerprint density at radius 1 is 0.895 bits per heavy atom. The molecule has 3 atom stereocenters. The summed E-state index contributed by atoms with van der Waals surface area (Å²) < 4.78 is 0. The Bertz CT molecular complexity index is 866. The molecule has 0 heterocycles. The van der Waals surface area contributed by atoms with Crippen LogP contribution in [0.5, 0.6) is 0 Å². The summed E-state index contributed by atoms with van der Waals surface area (Å²) in [5.41, 5.74) is 15.8. The summed E-state index contributed by atoms with van der Waals surface area (Å²) in [6, 6.07) is -1.93. The third-order valence-electron chi connectivity index (χ3n) is 5.36. The summed E-state index contributed by atoms with van der Waals surface area (Å²) in [5, 5.41) is 8.21. The Hall–Kier alpha value is -3.70. The van der Waals surface area contributed by atoms with Crippen molar-refractivity contribution in [3.8, 4) is 0 Å². The summed E-state index contributed by atoms with van der Waals surface area (Å²) in [7, 11) is 0. The first-order chi connectivity index (χ1) is 17.3. The van der Waals surface area contributed by atoms with E-state index in [-0.39, 0.29) is 57.4 Å². The molecule has 0 aromatic carbocycles. The van der Waals surface area contributed by atoms with E-state index in [1.165, 1.54) is 6.92 Å². The molecule has 1 aliphatic carbocycles. The molecule has 0 aromatic heterocycles. The van der Waals surface area contributed by atoms with Gasteiger partial charge >= 0.3 is 0 Å². The number of nitrogens with two attached hydrogens (primary N) is 3. The lowest BCUT2D eigenvalue weighted by Crippen LogP contribution is -2.54. The smallest absolute Gasteiger partial charge is 0.243 e. The molecule has 0 bridgehead atoms. The van der Waals surface area contributed by atoms with E-state index in [9.17, 15) is 28.8 Å². The van der Waals surface area contributed by atoms with Crippen LogP contribution >= 0.6 is 0 Å². The van der Waals surface area contributed by atoms with Gasteiger partial charge in [-0.3, -0.25) is 28.8 Å². The van der Waals surface area contributed by atoms with Crippen molar-refractivity contribution in [3.63, 3.8) is 0 Å². The van der Waals surface area contributed by atoms with Gasteiger partial charge in [0.15, 0.2) is 0 Å². The van der Waals surface area contributed by atoms with Gasteiger partial charge in [0.1, 0.15) is 12.1 Å². The standard InChI is InChI=1S/C23H37N5O5.C2H5NO.CH4/c1-3-15(2)26-23(33)18(14-16-8-5-4-6-9-16)28-22(32)17(12-13-20(25)30)27-21(31)11-7-10-19(24)29;1-2(3)4;/h4-5,8,15,17-18H,3,6-7,9-14H2,1-2H3,(H2,24,29)(H2,25,30)(H,26,33)(H,27,31)(H,28,32);1H3,(H2,3,4);1H4/t15-,17?,18?;;/m0../s1. The minimum Gasteiger partial charge on any atom is -0.370 e. The minimum atomic E-state index is -1.04. The number of hydrogen-bond acceptors (Lipinski definition) is 6. The first kappa shape index (κ1) is 36.5. The monoisotopic (exact) mass is 538 g/mol. The summed E-state index contributed by atoms with van der Waals surface area (Å²) in [5.74, 6) is -2.80. The quantitative estimate of drug-likeness (QED) is 0.175. The largest absolute Gasteiger partial charge is 0.370 e. The maximum atomic E-state index is 13.0. The highest BCUT2D eigenvalue weighted by molar-refractivity contribution is 5.92. The van der Waals surface area contributed by atoms with Crippen LogP contribution in [0.3, 0.4) is 0 Å². The van der Waals surface area contributed by atoms with E-state index in [1.807, 2.05) is 32.1 Å². The number of allylic oxidation sites excluding steroid dienone is 3. The summed E-state index contributed by atoms with van der Waals surface area (Å²) in [4.78, 5) is 69.5. The Morgan fingerprint density at radius 2 is 1.47 bits per heavy atom. The van der Waals surface area contributed by atoms with Gasteiger partial charge < -0.3 is 33.2 Å². The molecule has 1 aliphatic rings. The third-order valence-corrected chi connectivity index (χ3v) is 5.36. The molecule has 0 aliphatic heterocycles. The molecule has 12 heteroatoms. The van der Waals surface area contributed by atoms with Crippen LogP contribution in [0.1, 0.15) is 86.0 Å². The Kier molecular flexibility index (Phi) is 19.5. The number of amides is 6. The predicted octanol–water partition coefficient (Wildman–Crippen LogP) is 0.586. The second-order valence-corrected chi connectivity index (χ2v) is 8.93. The molecule has 0 saturated carbocycles. The van der Waals surface area contributed by atoms with Gasteiger partial charge in [0.2, 0.25) is 35.4 Å². The number of carbonyl (C=O) groups excluding carboxylic acids is 6.